The highest BCUT2D eigenvalue weighted by atomic mass is 16.4. The highest BCUT2D eigenvalue weighted by molar-refractivity contribution is 6.27. The Kier molecular flexibility index (Phi) is 8.19. The lowest BCUT2D eigenvalue weighted by molar-refractivity contribution is -0.159. The molecule has 3 rings (SSSR count). The van der Waals surface area contributed by atoms with E-state index in [1.807, 2.05) is 18.5 Å². The molecule has 1 aromatic heterocycles. The second-order valence-electron chi connectivity index (χ2n) is 6.91. The summed E-state index contributed by atoms with van der Waals surface area (Å²) >= 11 is 0. The Morgan fingerprint density at radius 3 is 2.15 bits per heavy atom. The van der Waals surface area contributed by atoms with Gasteiger partial charge in [-0.1, -0.05) is 6.07 Å². The van der Waals surface area contributed by atoms with Crippen LogP contribution in [-0.2, 0) is 20.9 Å². The number of rotatable bonds is 3. The van der Waals surface area contributed by atoms with Gasteiger partial charge in [-0.05, 0) is 56.8 Å². The van der Waals surface area contributed by atoms with Gasteiger partial charge >= 0.3 is 11.9 Å². The molecule has 8 nitrogen and oxygen atoms in total. The van der Waals surface area contributed by atoms with E-state index < -0.39 is 11.9 Å². The monoisotopic (exact) mass is 377 g/mol. The van der Waals surface area contributed by atoms with E-state index >= 15 is 0 Å². The number of carbonyl (C=O) groups is 3. The highest BCUT2D eigenvalue weighted by Crippen LogP contribution is 2.22. The number of aliphatic carboxylic acids is 2. The van der Waals surface area contributed by atoms with Crippen LogP contribution < -0.4 is 0 Å². The normalized spacial score (nSPS) is 18.3. The summed E-state index contributed by atoms with van der Waals surface area (Å²) in [5.41, 5.74) is 1.26. The van der Waals surface area contributed by atoms with Gasteiger partial charge in [-0.2, -0.15) is 0 Å². The number of nitrogens with zero attached hydrogens (tertiary/aromatic N) is 3. The van der Waals surface area contributed by atoms with Gasteiger partial charge in [-0.15, -0.1) is 0 Å². The number of likely N-dealkylation sites (tertiary alicyclic amines) is 2. The fourth-order valence-electron chi connectivity index (χ4n) is 3.46. The van der Waals surface area contributed by atoms with Gasteiger partial charge < -0.3 is 15.1 Å². The first-order chi connectivity index (χ1) is 13.0. The number of hydrogen-bond acceptors (Lipinski definition) is 5. The predicted molar refractivity (Wildman–Crippen MR) is 97.9 cm³/mol. The summed E-state index contributed by atoms with van der Waals surface area (Å²) in [7, 11) is 0. The van der Waals surface area contributed by atoms with Crippen LogP contribution in [0.3, 0.4) is 0 Å². The van der Waals surface area contributed by atoms with E-state index in [0.29, 0.717) is 5.91 Å². The number of carbonyl (C=O) groups excluding carboxylic acids is 1. The van der Waals surface area contributed by atoms with Gasteiger partial charge in [0.15, 0.2) is 0 Å². The summed E-state index contributed by atoms with van der Waals surface area (Å²) in [6, 6.07) is 4.11. The second-order valence-corrected chi connectivity index (χ2v) is 6.91. The van der Waals surface area contributed by atoms with E-state index in [1.54, 1.807) is 0 Å². The van der Waals surface area contributed by atoms with Crippen LogP contribution in [-0.4, -0.2) is 69.0 Å². The third kappa shape index (κ3) is 6.97. The molecule has 1 aromatic rings. The van der Waals surface area contributed by atoms with Gasteiger partial charge in [0.25, 0.3) is 0 Å². The van der Waals surface area contributed by atoms with Crippen LogP contribution in [0, 0.1) is 5.92 Å². The van der Waals surface area contributed by atoms with Gasteiger partial charge in [-0.3, -0.25) is 14.7 Å². The Hall–Kier alpha value is -2.48. The zero-order valence-electron chi connectivity index (χ0n) is 15.4. The Morgan fingerprint density at radius 1 is 1.00 bits per heavy atom. The molecule has 0 saturated carbocycles. The Bertz CT molecular complexity index is 611. The topological polar surface area (TPSA) is 111 Å². The maximum absolute atomic E-state index is 12.5. The fourth-order valence-corrected chi connectivity index (χ4v) is 3.46. The number of carboxylic acid groups (broad SMARTS) is 2. The SMILES string of the molecule is O=C(C1CCN(Cc2cccnc2)CC1)N1CCCCC1.O=C(O)C(=O)O. The van der Waals surface area contributed by atoms with E-state index in [-0.39, 0.29) is 5.92 Å². The molecule has 0 aliphatic carbocycles. The van der Waals surface area contributed by atoms with Crippen LogP contribution in [0.2, 0.25) is 0 Å². The van der Waals surface area contributed by atoms with Crippen molar-refractivity contribution in [2.45, 2.75) is 38.6 Å². The third-order valence-electron chi connectivity index (χ3n) is 4.92. The van der Waals surface area contributed by atoms with Crippen molar-refractivity contribution < 1.29 is 24.6 Å². The number of piperidine rings is 2. The van der Waals surface area contributed by atoms with Crippen LogP contribution in [0.25, 0.3) is 0 Å². The Morgan fingerprint density at radius 2 is 1.63 bits per heavy atom. The van der Waals surface area contributed by atoms with E-state index in [2.05, 4.69) is 20.9 Å². The lowest BCUT2D eigenvalue weighted by Crippen LogP contribution is -2.44. The quantitative estimate of drug-likeness (QED) is 0.767. The average Bonchev–Trinajstić information content (AvgIpc) is 2.70. The minimum Gasteiger partial charge on any atom is -0.473 e. The van der Waals surface area contributed by atoms with E-state index in [4.69, 9.17) is 19.8 Å². The summed E-state index contributed by atoms with van der Waals surface area (Å²) in [4.78, 5) is 39.4. The summed E-state index contributed by atoms with van der Waals surface area (Å²) in [6.45, 7) is 4.97. The zero-order valence-corrected chi connectivity index (χ0v) is 15.4. The maximum Gasteiger partial charge on any atom is 0.414 e. The summed E-state index contributed by atoms with van der Waals surface area (Å²) in [5, 5.41) is 14.8. The molecule has 0 unspecified atom stereocenters. The number of pyridine rings is 1. The zero-order chi connectivity index (χ0) is 19.6. The van der Waals surface area contributed by atoms with Crippen LogP contribution in [0.4, 0.5) is 0 Å². The Balaban J connectivity index is 0.000000380. The lowest BCUT2D eigenvalue weighted by atomic mass is 9.94. The summed E-state index contributed by atoms with van der Waals surface area (Å²) in [5.74, 6) is -2.98. The van der Waals surface area contributed by atoms with Crippen LogP contribution in [0.5, 0.6) is 0 Å². The van der Waals surface area contributed by atoms with Crippen molar-refractivity contribution in [1.82, 2.24) is 14.8 Å². The van der Waals surface area contributed by atoms with Gasteiger partial charge in [0.2, 0.25) is 5.91 Å². The molecule has 3 heterocycles. The van der Waals surface area contributed by atoms with Crippen LogP contribution in [0.1, 0.15) is 37.7 Å². The molecule has 0 bridgehead atoms. The number of hydrogen-bond donors (Lipinski definition) is 2. The maximum atomic E-state index is 12.5. The van der Waals surface area contributed by atoms with Crippen molar-refractivity contribution in [1.29, 1.82) is 0 Å². The Labute approximate surface area is 158 Å². The second kappa shape index (κ2) is 10.6. The van der Waals surface area contributed by atoms with Crippen molar-refractivity contribution in [3.63, 3.8) is 0 Å². The highest BCUT2D eigenvalue weighted by Gasteiger charge is 2.29. The first-order valence-corrected chi connectivity index (χ1v) is 9.33. The van der Waals surface area contributed by atoms with Gasteiger partial charge in [0, 0.05) is 37.9 Å². The van der Waals surface area contributed by atoms with Crippen LogP contribution in [0.15, 0.2) is 24.5 Å². The number of aromatic nitrogens is 1. The molecular formula is C19H27N3O5. The molecule has 0 atom stereocenters. The van der Waals surface area contributed by atoms with Crippen molar-refractivity contribution in [2.24, 2.45) is 5.92 Å². The van der Waals surface area contributed by atoms with Gasteiger partial charge in [-0.25, -0.2) is 9.59 Å². The smallest absolute Gasteiger partial charge is 0.414 e. The molecule has 2 aliphatic heterocycles. The van der Waals surface area contributed by atoms with E-state index in [1.165, 1.54) is 24.8 Å². The summed E-state index contributed by atoms with van der Waals surface area (Å²) in [6.07, 6.45) is 9.42. The molecule has 8 heteroatoms. The van der Waals surface area contributed by atoms with E-state index in [9.17, 15) is 4.79 Å². The molecule has 148 valence electrons. The molecule has 0 aromatic carbocycles. The largest absolute Gasteiger partial charge is 0.473 e. The molecule has 2 aliphatic rings. The van der Waals surface area contributed by atoms with Crippen molar-refractivity contribution in [3.8, 4) is 0 Å². The van der Waals surface area contributed by atoms with Crippen molar-refractivity contribution in [2.75, 3.05) is 26.2 Å². The lowest BCUT2D eigenvalue weighted by Gasteiger charge is -2.35. The molecule has 2 saturated heterocycles. The number of carboxylic acids is 2. The first kappa shape index (κ1) is 20.8. The molecule has 2 fully saturated rings. The fraction of sp³-hybridized carbons (Fsp3) is 0.579. The first-order valence-electron chi connectivity index (χ1n) is 9.33. The van der Waals surface area contributed by atoms with E-state index in [0.717, 1.165) is 45.6 Å². The van der Waals surface area contributed by atoms with Crippen LogP contribution >= 0.6 is 0 Å². The standard InChI is InChI=1S/C17H25N3O.C2H2O4/c21-17(20-9-2-1-3-10-20)16-6-11-19(12-7-16)14-15-5-4-8-18-13-15;3-1(4)2(5)6/h4-5,8,13,16H,1-3,6-7,9-12,14H2;(H,3,4)(H,5,6). The van der Waals surface area contributed by atoms with Crippen molar-refractivity contribution in [3.05, 3.63) is 30.1 Å². The molecular weight excluding hydrogens is 350 g/mol. The average molecular weight is 377 g/mol. The molecule has 0 radical (unpaired) electrons. The van der Waals surface area contributed by atoms with Crippen molar-refractivity contribution >= 4 is 17.8 Å². The molecule has 27 heavy (non-hydrogen) atoms. The minimum atomic E-state index is -1.82. The molecule has 0 spiro atoms. The van der Waals surface area contributed by atoms with Gasteiger partial charge in [0.1, 0.15) is 0 Å². The molecule has 2 N–H and O–H groups in total. The van der Waals surface area contributed by atoms with Gasteiger partial charge in [0.05, 0.1) is 0 Å². The minimum absolute atomic E-state index is 0.258. The molecule has 1 amide bonds. The predicted octanol–water partition coefficient (Wildman–Crippen LogP) is 1.46. The summed E-state index contributed by atoms with van der Waals surface area (Å²) < 4.78 is 0. The third-order valence-corrected chi connectivity index (χ3v) is 4.92. The number of amides is 1.